The van der Waals surface area contributed by atoms with Crippen LogP contribution < -0.4 is 5.32 Å². The average Bonchev–Trinajstić information content (AvgIpc) is 3.06. The number of aromatic nitrogens is 3. The number of thiazole rings is 1. The van der Waals surface area contributed by atoms with E-state index in [0.717, 1.165) is 5.69 Å². The predicted octanol–water partition coefficient (Wildman–Crippen LogP) is 2.31. The molecule has 20 heavy (non-hydrogen) atoms. The van der Waals surface area contributed by atoms with E-state index in [4.69, 9.17) is 5.26 Å². The van der Waals surface area contributed by atoms with Gasteiger partial charge in [0.25, 0.3) is 0 Å². The number of carbonyl (C=O) groups excluding carboxylic acids is 1. The molecule has 0 aliphatic carbocycles. The third-order valence-corrected chi connectivity index (χ3v) is 5.42. The van der Waals surface area contributed by atoms with Crippen LogP contribution >= 0.6 is 34.4 Å². The van der Waals surface area contributed by atoms with Crippen molar-refractivity contribution >= 4 is 45.4 Å². The van der Waals surface area contributed by atoms with Crippen molar-refractivity contribution in [1.29, 1.82) is 5.26 Å². The van der Waals surface area contributed by atoms with Gasteiger partial charge in [0.15, 0.2) is 16.0 Å². The van der Waals surface area contributed by atoms with Crippen LogP contribution in [0.1, 0.15) is 16.6 Å². The van der Waals surface area contributed by atoms with Gasteiger partial charge in [-0.15, -0.1) is 21.5 Å². The molecule has 9 heteroatoms. The molecular weight excluding hydrogens is 314 g/mol. The zero-order chi connectivity index (χ0) is 14.5. The van der Waals surface area contributed by atoms with Gasteiger partial charge in [0.05, 0.1) is 11.8 Å². The van der Waals surface area contributed by atoms with Gasteiger partial charge in [-0.3, -0.25) is 4.79 Å². The number of nitrogens with zero attached hydrogens (tertiary/aromatic N) is 4. The van der Waals surface area contributed by atoms with Gasteiger partial charge in [0, 0.05) is 18.1 Å². The molecule has 2 aromatic heterocycles. The number of nitrogens with one attached hydrogen (secondary N) is 1. The Hall–Kier alpha value is -1.50. The Kier molecular flexibility index (Phi) is 5.05. The van der Waals surface area contributed by atoms with Crippen molar-refractivity contribution in [3.8, 4) is 6.07 Å². The van der Waals surface area contributed by atoms with Crippen LogP contribution in [0.4, 0.5) is 5.13 Å². The number of ketones is 1. The van der Waals surface area contributed by atoms with Gasteiger partial charge in [-0.2, -0.15) is 5.26 Å². The van der Waals surface area contributed by atoms with Crippen molar-refractivity contribution in [2.75, 3.05) is 18.1 Å². The topological polar surface area (TPSA) is 91.6 Å². The first kappa shape index (κ1) is 14.9. The smallest absolute Gasteiger partial charge is 0.206 e. The number of thioether (sulfide) groups is 1. The minimum atomic E-state index is -0.794. The third-order valence-electron chi connectivity index (χ3n) is 2.29. The van der Waals surface area contributed by atoms with E-state index < -0.39 is 5.92 Å². The number of anilines is 1. The van der Waals surface area contributed by atoms with Crippen LogP contribution in [0.25, 0.3) is 0 Å². The summed E-state index contributed by atoms with van der Waals surface area (Å²) in [6.07, 6.45) is 0. The van der Waals surface area contributed by atoms with Gasteiger partial charge >= 0.3 is 0 Å². The lowest BCUT2D eigenvalue weighted by Gasteiger charge is -2.03. The zero-order valence-corrected chi connectivity index (χ0v) is 13.2. The van der Waals surface area contributed by atoms with Gasteiger partial charge in [0.2, 0.25) is 5.13 Å². The number of carbonyl (C=O) groups is 1. The second-order valence-corrected chi connectivity index (χ2v) is 6.86. The molecule has 2 rings (SSSR count). The molecule has 0 aromatic carbocycles. The monoisotopic (exact) mass is 325 g/mol. The van der Waals surface area contributed by atoms with E-state index in [1.54, 1.807) is 7.05 Å². The molecule has 0 fully saturated rings. The lowest BCUT2D eigenvalue weighted by Crippen LogP contribution is -2.13. The van der Waals surface area contributed by atoms with E-state index in [1.807, 2.05) is 18.4 Å². The summed E-state index contributed by atoms with van der Waals surface area (Å²) in [6, 6.07) is 2.02. The summed E-state index contributed by atoms with van der Waals surface area (Å²) < 4.78 is 0.703. The minimum Gasteiger partial charge on any atom is -0.363 e. The van der Waals surface area contributed by atoms with Crippen LogP contribution in [0.3, 0.4) is 0 Å². The lowest BCUT2D eigenvalue weighted by molar-refractivity contribution is -0.116. The molecule has 2 aromatic rings. The Morgan fingerprint density at radius 1 is 1.60 bits per heavy atom. The normalized spacial score (nSPS) is 11.8. The van der Waals surface area contributed by atoms with Gasteiger partial charge in [-0.25, -0.2) is 4.98 Å². The summed E-state index contributed by atoms with van der Waals surface area (Å²) in [4.78, 5) is 16.3. The van der Waals surface area contributed by atoms with Crippen molar-refractivity contribution in [3.05, 3.63) is 16.1 Å². The van der Waals surface area contributed by atoms with Crippen LogP contribution in [0, 0.1) is 18.3 Å². The van der Waals surface area contributed by atoms with Gasteiger partial charge < -0.3 is 5.32 Å². The van der Waals surface area contributed by atoms with Crippen molar-refractivity contribution in [2.24, 2.45) is 0 Å². The fourth-order valence-corrected chi connectivity index (χ4v) is 3.83. The molecule has 0 spiro atoms. The molecule has 0 aliphatic rings. The van der Waals surface area contributed by atoms with E-state index in [-0.39, 0.29) is 11.5 Å². The maximum atomic E-state index is 12.1. The number of Topliss-reactive ketones (excluding diaryl/α,β-unsaturated/α-hetero) is 1. The Labute approximate surface area is 128 Å². The summed E-state index contributed by atoms with van der Waals surface area (Å²) in [5.74, 6) is -0.763. The second kappa shape index (κ2) is 6.78. The molecule has 1 atom stereocenters. The molecule has 0 saturated carbocycles. The summed E-state index contributed by atoms with van der Waals surface area (Å²) >= 11 is 4.01. The van der Waals surface area contributed by atoms with E-state index >= 15 is 0 Å². The summed E-state index contributed by atoms with van der Waals surface area (Å²) in [7, 11) is 1.76. The number of hydrogen-bond acceptors (Lipinski definition) is 9. The van der Waals surface area contributed by atoms with Crippen LogP contribution in [0.5, 0.6) is 0 Å². The minimum absolute atomic E-state index is 0.159. The van der Waals surface area contributed by atoms with E-state index in [9.17, 15) is 4.79 Å². The maximum absolute atomic E-state index is 12.1. The highest BCUT2D eigenvalue weighted by molar-refractivity contribution is 8.01. The highest BCUT2D eigenvalue weighted by atomic mass is 32.2. The average molecular weight is 325 g/mol. The van der Waals surface area contributed by atoms with Crippen molar-refractivity contribution in [1.82, 2.24) is 15.2 Å². The van der Waals surface area contributed by atoms with Crippen LogP contribution in [0.15, 0.2) is 9.72 Å². The van der Waals surface area contributed by atoms with Crippen molar-refractivity contribution < 1.29 is 4.79 Å². The van der Waals surface area contributed by atoms with Crippen molar-refractivity contribution in [2.45, 2.75) is 17.2 Å². The van der Waals surface area contributed by atoms with Gasteiger partial charge in [-0.05, 0) is 6.92 Å². The molecule has 1 N–H and O–H groups in total. The highest BCUT2D eigenvalue weighted by Gasteiger charge is 2.23. The van der Waals surface area contributed by atoms with Gasteiger partial charge in [-0.1, -0.05) is 23.1 Å². The van der Waals surface area contributed by atoms with Crippen LogP contribution in [-0.4, -0.2) is 33.8 Å². The van der Waals surface area contributed by atoms with E-state index in [2.05, 4.69) is 20.5 Å². The SMILES string of the molecule is CNc1nnc(SCC(=O)[C@@H](C#N)c2nc(C)cs2)s1. The fourth-order valence-electron chi connectivity index (χ4n) is 1.36. The molecule has 0 unspecified atom stereocenters. The van der Waals surface area contributed by atoms with E-state index in [0.29, 0.717) is 14.5 Å². The predicted molar refractivity (Wildman–Crippen MR) is 80.4 cm³/mol. The molecule has 0 radical (unpaired) electrons. The number of rotatable bonds is 6. The standard InChI is InChI=1S/C11H11N5OS3/c1-6-4-18-9(14-6)7(3-12)8(17)5-19-11-16-15-10(13-2)20-11/h4,7H,5H2,1-2H3,(H,13,15)/t7-/m1/s1. The third kappa shape index (κ3) is 3.53. The quantitative estimate of drug-likeness (QED) is 0.815. The molecule has 0 aliphatic heterocycles. The van der Waals surface area contributed by atoms with Crippen LogP contribution in [-0.2, 0) is 4.79 Å². The molecule has 2 heterocycles. The first-order valence-electron chi connectivity index (χ1n) is 5.62. The largest absolute Gasteiger partial charge is 0.363 e. The van der Waals surface area contributed by atoms with Crippen molar-refractivity contribution in [3.63, 3.8) is 0 Å². The van der Waals surface area contributed by atoms with E-state index in [1.165, 1.54) is 34.4 Å². The zero-order valence-electron chi connectivity index (χ0n) is 10.8. The highest BCUT2D eigenvalue weighted by Crippen LogP contribution is 2.28. The molecular formula is C11H11N5OS3. The Morgan fingerprint density at radius 3 is 2.95 bits per heavy atom. The second-order valence-electron chi connectivity index (χ2n) is 3.77. The first-order valence-corrected chi connectivity index (χ1v) is 8.30. The number of hydrogen-bond donors (Lipinski definition) is 1. The first-order chi connectivity index (χ1) is 9.63. The molecule has 6 nitrogen and oxygen atoms in total. The van der Waals surface area contributed by atoms with Crippen LogP contribution in [0.2, 0.25) is 0 Å². The Bertz CT molecular complexity index is 645. The summed E-state index contributed by atoms with van der Waals surface area (Å²) in [5, 5.41) is 23.0. The number of nitriles is 1. The fraction of sp³-hybridized carbons (Fsp3) is 0.364. The Morgan fingerprint density at radius 2 is 2.40 bits per heavy atom. The summed E-state index contributed by atoms with van der Waals surface area (Å²) in [5.41, 5.74) is 0.827. The molecule has 0 saturated heterocycles. The Balaban J connectivity index is 1.98. The van der Waals surface area contributed by atoms with Gasteiger partial charge in [0.1, 0.15) is 5.01 Å². The number of aryl methyl sites for hydroxylation is 1. The lowest BCUT2D eigenvalue weighted by atomic mass is 10.1. The molecule has 0 bridgehead atoms. The molecule has 0 amide bonds. The summed E-state index contributed by atoms with van der Waals surface area (Å²) in [6.45, 7) is 1.84. The molecule has 104 valence electrons. The maximum Gasteiger partial charge on any atom is 0.206 e.